The van der Waals surface area contributed by atoms with Gasteiger partial charge in [0.15, 0.2) is 5.82 Å². The van der Waals surface area contributed by atoms with Gasteiger partial charge in [0, 0.05) is 12.0 Å². The summed E-state index contributed by atoms with van der Waals surface area (Å²) in [6.07, 6.45) is 6.37. The summed E-state index contributed by atoms with van der Waals surface area (Å²) in [6.45, 7) is 0. The maximum absolute atomic E-state index is 12.8. The third kappa shape index (κ3) is 4.89. The highest BCUT2D eigenvalue weighted by Crippen LogP contribution is 2.34. The third-order valence-electron chi connectivity index (χ3n) is 5.94. The predicted octanol–water partition coefficient (Wildman–Crippen LogP) is 5.69. The fourth-order valence-electron chi connectivity index (χ4n) is 4.19. The lowest BCUT2D eigenvalue weighted by Gasteiger charge is -2.20. The van der Waals surface area contributed by atoms with Crippen LogP contribution >= 0.6 is 0 Å². The van der Waals surface area contributed by atoms with Gasteiger partial charge in [0.2, 0.25) is 5.91 Å². The summed E-state index contributed by atoms with van der Waals surface area (Å²) in [5, 5.41) is 12.9. The summed E-state index contributed by atoms with van der Waals surface area (Å²) in [7, 11) is 0. The summed E-state index contributed by atoms with van der Waals surface area (Å²) in [4.78, 5) is 22.5. The lowest BCUT2D eigenvalue weighted by atomic mass is 9.91. The van der Waals surface area contributed by atoms with Gasteiger partial charge in [-0.2, -0.15) is 0 Å². The molecule has 0 aliphatic heterocycles. The van der Waals surface area contributed by atoms with Crippen molar-refractivity contribution in [2.24, 2.45) is 0 Å². The molecule has 1 aliphatic rings. The molecule has 5 nitrogen and oxygen atoms in total. The highest BCUT2D eigenvalue weighted by atomic mass is 16.3. The fraction of sp³-hybridized carbons (Fsp3) is 0.138. The number of aryl methyl sites for hydroxylation is 3. The summed E-state index contributed by atoms with van der Waals surface area (Å²) in [5.74, 6) is 0.640. The van der Waals surface area contributed by atoms with E-state index in [1.807, 2.05) is 78.9 Å². The molecule has 3 aromatic carbocycles. The maximum Gasteiger partial charge on any atom is 0.225 e. The van der Waals surface area contributed by atoms with E-state index >= 15 is 0 Å². The van der Waals surface area contributed by atoms with Gasteiger partial charge in [0.05, 0.1) is 11.4 Å². The Kier molecular flexibility index (Phi) is 6.17. The second kappa shape index (κ2) is 9.71. The Bertz CT molecular complexity index is 1350. The van der Waals surface area contributed by atoms with Crippen LogP contribution in [0.1, 0.15) is 34.5 Å². The SMILES string of the molecule is O=C(CCc1ccccc1)Nc1nc2c(nc1C=Cc1ccccc1)-c1ccc(O)cc1CC2. The topological polar surface area (TPSA) is 75.1 Å². The number of aromatic nitrogens is 2. The molecule has 0 radical (unpaired) electrons. The molecule has 0 bridgehead atoms. The predicted molar refractivity (Wildman–Crippen MR) is 135 cm³/mol. The molecule has 5 rings (SSSR count). The molecule has 1 amide bonds. The van der Waals surface area contributed by atoms with Crippen LogP contribution in [0.4, 0.5) is 5.82 Å². The first-order valence-corrected chi connectivity index (χ1v) is 11.5. The molecule has 0 fully saturated rings. The molecule has 34 heavy (non-hydrogen) atoms. The zero-order chi connectivity index (χ0) is 23.3. The van der Waals surface area contributed by atoms with E-state index in [1.165, 1.54) is 0 Å². The molecular formula is C29H25N3O2. The zero-order valence-electron chi connectivity index (χ0n) is 18.7. The highest BCUT2D eigenvalue weighted by Gasteiger charge is 2.22. The van der Waals surface area contributed by atoms with Crippen LogP contribution in [-0.2, 0) is 24.1 Å². The number of amides is 1. The Morgan fingerprint density at radius 1 is 0.912 bits per heavy atom. The number of phenols is 1. The number of anilines is 1. The Morgan fingerprint density at radius 2 is 1.68 bits per heavy atom. The number of carbonyl (C=O) groups excluding carboxylic acids is 1. The average Bonchev–Trinajstić information content (AvgIpc) is 2.87. The molecule has 2 N–H and O–H groups in total. The van der Waals surface area contributed by atoms with Gasteiger partial charge in [-0.05, 0) is 60.2 Å². The van der Waals surface area contributed by atoms with Crippen molar-refractivity contribution in [3.8, 4) is 17.0 Å². The van der Waals surface area contributed by atoms with E-state index in [9.17, 15) is 9.90 Å². The summed E-state index contributed by atoms with van der Waals surface area (Å²) >= 11 is 0. The molecule has 0 saturated carbocycles. The zero-order valence-corrected chi connectivity index (χ0v) is 18.7. The first-order valence-electron chi connectivity index (χ1n) is 11.5. The van der Waals surface area contributed by atoms with E-state index in [0.29, 0.717) is 30.8 Å². The number of phenolic OH excluding ortho intramolecular Hbond substituents is 1. The van der Waals surface area contributed by atoms with Gasteiger partial charge in [-0.15, -0.1) is 0 Å². The first kappa shape index (κ1) is 21.6. The van der Waals surface area contributed by atoms with Gasteiger partial charge >= 0.3 is 0 Å². The van der Waals surface area contributed by atoms with Crippen LogP contribution in [0.2, 0.25) is 0 Å². The number of hydrogen-bond acceptors (Lipinski definition) is 4. The van der Waals surface area contributed by atoms with Crippen molar-refractivity contribution >= 4 is 23.9 Å². The summed E-state index contributed by atoms with van der Waals surface area (Å²) in [6, 6.07) is 25.3. The molecule has 1 heterocycles. The number of hydrogen-bond donors (Lipinski definition) is 2. The van der Waals surface area contributed by atoms with Crippen molar-refractivity contribution in [3.05, 3.63) is 107 Å². The Hall–Kier alpha value is -4.25. The van der Waals surface area contributed by atoms with E-state index in [1.54, 1.807) is 12.1 Å². The average molecular weight is 448 g/mol. The van der Waals surface area contributed by atoms with Gasteiger partial charge in [0.25, 0.3) is 0 Å². The molecule has 1 aliphatic carbocycles. The van der Waals surface area contributed by atoms with Crippen molar-refractivity contribution in [1.29, 1.82) is 0 Å². The smallest absolute Gasteiger partial charge is 0.225 e. The standard InChI is InChI=1S/C29H25N3O2/c33-23-14-15-24-22(19-23)13-17-25-28(24)30-26(16-11-20-7-3-1-4-8-20)29(31-25)32-27(34)18-12-21-9-5-2-6-10-21/h1-11,14-16,19,33H,12-13,17-18H2,(H,31,32,34). The van der Waals surface area contributed by atoms with E-state index in [2.05, 4.69) is 5.32 Å². The number of fused-ring (bicyclic) bond motifs is 3. The second-order valence-electron chi connectivity index (χ2n) is 8.37. The second-order valence-corrected chi connectivity index (χ2v) is 8.37. The van der Waals surface area contributed by atoms with Crippen molar-refractivity contribution in [1.82, 2.24) is 9.97 Å². The minimum atomic E-state index is -0.0893. The lowest BCUT2D eigenvalue weighted by molar-refractivity contribution is -0.116. The van der Waals surface area contributed by atoms with Crippen LogP contribution in [0, 0.1) is 0 Å². The minimum absolute atomic E-state index is 0.0893. The molecule has 0 spiro atoms. The van der Waals surface area contributed by atoms with Crippen LogP contribution in [0.15, 0.2) is 78.9 Å². The van der Waals surface area contributed by atoms with E-state index in [4.69, 9.17) is 9.97 Å². The summed E-state index contributed by atoms with van der Waals surface area (Å²) in [5.41, 5.74) is 6.45. The van der Waals surface area contributed by atoms with Crippen molar-refractivity contribution < 1.29 is 9.90 Å². The van der Waals surface area contributed by atoms with Crippen LogP contribution in [0.3, 0.4) is 0 Å². The Balaban J connectivity index is 1.46. The van der Waals surface area contributed by atoms with Gasteiger partial charge in [-0.1, -0.05) is 66.7 Å². The quantitative estimate of drug-likeness (QED) is 0.398. The van der Waals surface area contributed by atoms with Gasteiger partial charge in [0.1, 0.15) is 11.4 Å². The van der Waals surface area contributed by atoms with Crippen LogP contribution in [0.25, 0.3) is 23.4 Å². The third-order valence-corrected chi connectivity index (χ3v) is 5.94. The van der Waals surface area contributed by atoms with E-state index < -0.39 is 0 Å². The normalized spacial score (nSPS) is 12.2. The summed E-state index contributed by atoms with van der Waals surface area (Å²) < 4.78 is 0. The molecule has 0 atom stereocenters. The first-order chi connectivity index (χ1) is 16.7. The van der Waals surface area contributed by atoms with Crippen molar-refractivity contribution in [2.75, 3.05) is 5.32 Å². The molecule has 0 unspecified atom stereocenters. The number of nitrogens with zero attached hydrogens (tertiary/aromatic N) is 2. The van der Waals surface area contributed by atoms with E-state index in [-0.39, 0.29) is 11.7 Å². The van der Waals surface area contributed by atoms with Crippen molar-refractivity contribution in [3.63, 3.8) is 0 Å². The number of nitrogens with one attached hydrogen (secondary N) is 1. The molecule has 168 valence electrons. The maximum atomic E-state index is 12.8. The number of benzene rings is 3. The van der Waals surface area contributed by atoms with Gasteiger partial charge in [-0.25, -0.2) is 9.97 Å². The van der Waals surface area contributed by atoms with Crippen molar-refractivity contribution in [2.45, 2.75) is 25.7 Å². The fourth-order valence-corrected chi connectivity index (χ4v) is 4.19. The molecule has 1 aromatic heterocycles. The van der Waals surface area contributed by atoms with Gasteiger partial charge < -0.3 is 10.4 Å². The molecule has 5 heteroatoms. The number of carbonyl (C=O) groups is 1. The molecule has 4 aromatic rings. The number of rotatable bonds is 6. The minimum Gasteiger partial charge on any atom is -0.508 e. The molecular weight excluding hydrogens is 422 g/mol. The van der Waals surface area contributed by atoms with Crippen LogP contribution in [0.5, 0.6) is 5.75 Å². The van der Waals surface area contributed by atoms with Crippen LogP contribution < -0.4 is 5.32 Å². The Morgan fingerprint density at radius 3 is 2.47 bits per heavy atom. The largest absolute Gasteiger partial charge is 0.508 e. The number of aromatic hydroxyl groups is 1. The van der Waals surface area contributed by atoms with Gasteiger partial charge in [-0.3, -0.25) is 4.79 Å². The van der Waals surface area contributed by atoms with Crippen LogP contribution in [-0.4, -0.2) is 21.0 Å². The molecule has 0 saturated heterocycles. The van der Waals surface area contributed by atoms with E-state index in [0.717, 1.165) is 40.1 Å². The monoisotopic (exact) mass is 447 g/mol. The Labute approximate surface area is 198 Å². The highest BCUT2D eigenvalue weighted by molar-refractivity contribution is 5.92. The lowest BCUT2D eigenvalue weighted by Crippen LogP contribution is -2.17.